The van der Waals surface area contributed by atoms with E-state index in [9.17, 15) is 4.79 Å². The Labute approximate surface area is 137 Å². The van der Waals surface area contributed by atoms with Gasteiger partial charge in [-0.15, -0.1) is 0 Å². The second-order valence-corrected chi connectivity index (χ2v) is 6.12. The molecule has 24 heavy (non-hydrogen) atoms. The number of aryl methyl sites for hydroxylation is 2. The first-order chi connectivity index (χ1) is 11.6. The third-order valence-corrected chi connectivity index (χ3v) is 4.40. The second-order valence-electron chi connectivity index (χ2n) is 6.12. The van der Waals surface area contributed by atoms with Gasteiger partial charge in [-0.25, -0.2) is 14.9 Å². The summed E-state index contributed by atoms with van der Waals surface area (Å²) < 4.78 is 11.3. The maximum Gasteiger partial charge on any atom is 0.340 e. The van der Waals surface area contributed by atoms with Gasteiger partial charge in [-0.3, -0.25) is 9.88 Å². The highest BCUT2D eigenvalue weighted by molar-refractivity contribution is 5.45. The van der Waals surface area contributed by atoms with Gasteiger partial charge in [0.15, 0.2) is 5.76 Å². The number of aromatic nitrogens is 4. The molecule has 0 spiro atoms. The molecule has 3 aromatic heterocycles. The highest BCUT2D eigenvalue weighted by atomic mass is 16.4. The molecule has 0 bridgehead atoms. The van der Waals surface area contributed by atoms with Gasteiger partial charge in [0.2, 0.25) is 0 Å². The van der Waals surface area contributed by atoms with E-state index in [1.807, 2.05) is 26.0 Å². The standard InChI is InChI=1S/C16H19N5O3/c1-9-5-6-13(23-9)15-17-11(10(2)24-15)8-21-7-3-4-12(21)14-18-16(22)20-19-14/h5-6,12H,3-4,7-8H2,1-2H3,(H2,18,19,20,22). The number of H-pyrrole nitrogens is 2. The molecule has 0 aromatic carbocycles. The van der Waals surface area contributed by atoms with Crippen LogP contribution in [0.5, 0.6) is 0 Å². The van der Waals surface area contributed by atoms with Gasteiger partial charge in [-0.2, -0.15) is 5.10 Å². The maximum atomic E-state index is 11.3. The van der Waals surface area contributed by atoms with Crippen molar-refractivity contribution >= 4 is 0 Å². The molecule has 8 nitrogen and oxygen atoms in total. The summed E-state index contributed by atoms with van der Waals surface area (Å²) in [5, 5.41) is 6.51. The van der Waals surface area contributed by atoms with Crippen molar-refractivity contribution in [3.63, 3.8) is 0 Å². The summed E-state index contributed by atoms with van der Waals surface area (Å²) in [7, 11) is 0. The van der Waals surface area contributed by atoms with Gasteiger partial charge >= 0.3 is 5.69 Å². The molecule has 0 aliphatic carbocycles. The Morgan fingerprint density at radius 3 is 2.92 bits per heavy atom. The van der Waals surface area contributed by atoms with Crippen molar-refractivity contribution in [2.75, 3.05) is 6.54 Å². The number of likely N-dealkylation sites (tertiary alicyclic amines) is 1. The summed E-state index contributed by atoms with van der Waals surface area (Å²) >= 11 is 0. The third kappa shape index (κ3) is 2.69. The molecule has 126 valence electrons. The summed E-state index contributed by atoms with van der Waals surface area (Å²) in [6.07, 6.45) is 2.02. The number of hydrogen-bond donors (Lipinski definition) is 2. The molecule has 1 fully saturated rings. The number of rotatable bonds is 4. The van der Waals surface area contributed by atoms with Gasteiger partial charge in [-0.05, 0) is 45.4 Å². The van der Waals surface area contributed by atoms with Crippen molar-refractivity contribution < 1.29 is 8.83 Å². The Balaban J connectivity index is 1.56. The lowest BCUT2D eigenvalue weighted by atomic mass is 10.2. The largest absolute Gasteiger partial charge is 0.456 e. The van der Waals surface area contributed by atoms with Crippen LogP contribution >= 0.6 is 0 Å². The Morgan fingerprint density at radius 1 is 1.33 bits per heavy atom. The van der Waals surface area contributed by atoms with Gasteiger partial charge in [0, 0.05) is 6.54 Å². The lowest BCUT2D eigenvalue weighted by molar-refractivity contribution is 0.236. The number of aromatic amines is 2. The predicted molar refractivity (Wildman–Crippen MR) is 85.3 cm³/mol. The molecule has 4 rings (SSSR count). The van der Waals surface area contributed by atoms with E-state index in [1.165, 1.54) is 0 Å². The molecule has 3 aromatic rings. The van der Waals surface area contributed by atoms with E-state index in [1.54, 1.807) is 0 Å². The van der Waals surface area contributed by atoms with Gasteiger partial charge in [0.1, 0.15) is 17.3 Å². The zero-order valence-electron chi connectivity index (χ0n) is 13.6. The molecular weight excluding hydrogens is 310 g/mol. The van der Waals surface area contributed by atoms with Gasteiger partial charge in [-0.1, -0.05) is 0 Å². The summed E-state index contributed by atoms with van der Waals surface area (Å²) in [6.45, 7) is 5.37. The number of oxazole rings is 1. The fourth-order valence-electron chi connectivity index (χ4n) is 3.19. The average Bonchev–Trinajstić information content (AvgIpc) is 3.29. The summed E-state index contributed by atoms with van der Waals surface area (Å²) in [6, 6.07) is 3.84. The molecule has 0 radical (unpaired) electrons. The van der Waals surface area contributed by atoms with E-state index in [4.69, 9.17) is 8.83 Å². The fraction of sp³-hybridized carbons (Fsp3) is 0.438. The Kier molecular flexibility index (Phi) is 3.61. The quantitative estimate of drug-likeness (QED) is 0.761. The van der Waals surface area contributed by atoms with E-state index < -0.39 is 0 Å². The van der Waals surface area contributed by atoms with Crippen molar-refractivity contribution in [1.82, 2.24) is 25.1 Å². The number of nitrogens with one attached hydrogen (secondary N) is 2. The Morgan fingerprint density at radius 2 is 2.21 bits per heavy atom. The number of nitrogens with zero attached hydrogens (tertiary/aromatic N) is 3. The van der Waals surface area contributed by atoms with E-state index in [0.29, 0.717) is 24.0 Å². The van der Waals surface area contributed by atoms with Crippen LogP contribution in [0.3, 0.4) is 0 Å². The smallest absolute Gasteiger partial charge is 0.340 e. The van der Waals surface area contributed by atoms with E-state index in [-0.39, 0.29) is 11.7 Å². The first kappa shape index (κ1) is 14.9. The van der Waals surface area contributed by atoms with Crippen molar-refractivity contribution in [2.45, 2.75) is 39.3 Å². The first-order valence-corrected chi connectivity index (χ1v) is 8.02. The monoisotopic (exact) mass is 329 g/mol. The number of furan rings is 1. The van der Waals surface area contributed by atoms with Crippen LogP contribution in [0.4, 0.5) is 0 Å². The third-order valence-electron chi connectivity index (χ3n) is 4.40. The summed E-state index contributed by atoms with van der Waals surface area (Å²) in [5.74, 6) is 3.42. The molecule has 0 amide bonds. The Bertz CT molecular complexity index is 903. The molecule has 4 heterocycles. The van der Waals surface area contributed by atoms with Crippen molar-refractivity contribution in [2.24, 2.45) is 0 Å². The zero-order chi connectivity index (χ0) is 16.7. The van der Waals surface area contributed by atoms with Gasteiger partial charge in [0.25, 0.3) is 5.89 Å². The zero-order valence-corrected chi connectivity index (χ0v) is 13.6. The highest BCUT2D eigenvalue weighted by Gasteiger charge is 2.30. The fourth-order valence-corrected chi connectivity index (χ4v) is 3.19. The van der Waals surface area contributed by atoms with Crippen LogP contribution in [0.1, 0.15) is 41.9 Å². The lowest BCUT2D eigenvalue weighted by Gasteiger charge is -2.21. The molecule has 0 saturated carbocycles. The predicted octanol–water partition coefficient (Wildman–Crippen LogP) is 2.30. The summed E-state index contributed by atoms with van der Waals surface area (Å²) in [5.41, 5.74) is 0.605. The molecule has 2 N–H and O–H groups in total. The minimum atomic E-state index is -0.273. The van der Waals surface area contributed by atoms with Crippen LogP contribution in [0, 0.1) is 13.8 Å². The van der Waals surface area contributed by atoms with Crippen LogP contribution in [-0.4, -0.2) is 31.6 Å². The van der Waals surface area contributed by atoms with Crippen LogP contribution in [0.15, 0.2) is 25.8 Å². The average molecular weight is 329 g/mol. The summed E-state index contributed by atoms with van der Waals surface area (Å²) in [4.78, 5) is 20.9. The van der Waals surface area contributed by atoms with Crippen LogP contribution < -0.4 is 5.69 Å². The van der Waals surface area contributed by atoms with Crippen LogP contribution in [-0.2, 0) is 6.54 Å². The van der Waals surface area contributed by atoms with Crippen molar-refractivity contribution in [3.8, 4) is 11.7 Å². The maximum absolute atomic E-state index is 11.3. The lowest BCUT2D eigenvalue weighted by Crippen LogP contribution is -2.24. The molecule has 1 saturated heterocycles. The van der Waals surface area contributed by atoms with Crippen LogP contribution in [0.2, 0.25) is 0 Å². The van der Waals surface area contributed by atoms with Gasteiger partial charge < -0.3 is 8.83 Å². The minimum Gasteiger partial charge on any atom is -0.456 e. The molecule has 8 heteroatoms. The van der Waals surface area contributed by atoms with Crippen molar-refractivity contribution in [3.05, 3.63) is 45.7 Å². The Hall–Kier alpha value is -2.61. The van der Waals surface area contributed by atoms with E-state index >= 15 is 0 Å². The minimum absolute atomic E-state index is 0.0920. The molecular formula is C16H19N5O3. The molecule has 1 aliphatic rings. The first-order valence-electron chi connectivity index (χ1n) is 8.02. The van der Waals surface area contributed by atoms with Crippen LogP contribution in [0.25, 0.3) is 11.7 Å². The van der Waals surface area contributed by atoms with Gasteiger partial charge in [0.05, 0.1) is 11.7 Å². The van der Waals surface area contributed by atoms with Crippen molar-refractivity contribution in [1.29, 1.82) is 0 Å². The van der Waals surface area contributed by atoms with E-state index in [2.05, 4.69) is 25.1 Å². The molecule has 1 atom stereocenters. The molecule has 1 unspecified atom stereocenters. The normalized spacial score (nSPS) is 18.5. The van der Waals surface area contributed by atoms with E-state index in [0.717, 1.165) is 36.6 Å². The topological polar surface area (TPSA) is 104 Å². The molecule has 1 aliphatic heterocycles. The second kappa shape index (κ2) is 5.79. The highest BCUT2D eigenvalue weighted by Crippen LogP contribution is 2.32. The number of hydrogen-bond acceptors (Lipinski definition) is 6. The SMILES string of the molecule is Cc1ccc(-c2nc(CN3CCCC3c3n[nH]c(=O)[nH]3)c(C)o2)o1.